The molecule has 1 aromatic carbocycles. The van der Waals surface area contributed by atoms with E-state index in [2.05, 4.69) is 68.6 Å². The number of amides is 1. The highest BCUT2D eigenvalue weighted by molar-refractivity contribution is 5.94. The molecule has 4 aromatic rings. The molecule has 0 bridgehead atoms. The van der Waals surface area contributed by atoms with Gasteiger partial charge in [0.05, 0.1) is 17.1 Å². The highest BCUT2D eigenvalue weighted by Gasteiger charge is 2.24. The number of fused-ring (bicyclic) bond motifs is 2. The summed E-state index contributed by atoms with van der Waals surface area (Å²) in [5.41, 5.74) is 5.65. The number of hydrogen-bond acceptors (Lipinski definition) is 7. The van der Waals surface area contributed by atoms with E-state index >= 15 is 0 Å². The number of nitrogens with one attached hydrogen (secondary N) is 2. The smallest absolute Gasteiger partial charge is 0.410 e. The molecule has 0 atom stereocenters. The van der Waals surface area contributed by atoms with Crippen molar-refractivity contribution >= 4 is 45.1 Å². The van der Waals surface area contributed by atoms with Crippen LogP contribution in [-0.2, 0) is 18.3 Å². The van der Waals surface area contributed by atoms with E-state index in [1.54, 1.807) is 11.2 Å². The van der Waals surface area contributed by atoms with Crippen molar-refractivity contribution in [1.82, 2.24) is 34.5 Å². The second-order valence-electron chi connectivity index (χ2n) is 10.8. The van der Waals surface area contributed by atoms with Gasteiger partial charge in [0, 0.05) is 43.4 Å². The quantitative estimate of drug-likeness (QED) is 0.409. The third kappa shape index (κ3) is 5.29. The number of H-pyrrole nitrogens is 1. The number of hydrogen-bond donors (Lipinski definition) is 2. The molecule has 0 aliphatic carbocycles. The van der Waals surface area contributed by atoms with E-state index in [0.717, 1.165) is 57.7 Å². The zero-order chi connectivity index (χ0) is 26.3. The van der Waals surface area contributed by atoms with Gasteiger partial charge >= 0.3 is 6.09 Å². The number of rotatable bonds is 5. The summed E-state index contributed by atoms with van der Waals surface area (Å²) in [7, 11) is 6.09. The van der Waals surface area contributed by atoms with Crippen LogP contribution >= 0.6 is 0 Å². The first-order chi connectivity index (χ1) is 17.6. The maximum atomic E-state index is 12.4. The largest absolute Gasteiger partial charge is 0.444 e. The van der Waals surface area contributed by atoms with Crippen LogP contribution in [0.3, 0.4) is 0 Å². The minimum Gasteiger partial charge on any atom is -0.444 e. The first kappa shape index (κ1) is 24.8. The number of aryl methyl sites for hydroxylation is 1. The molecule has 5 rings (SSSR count). The Hall–Kier alpha value is -3.92. The van der Waals surface area contributed by atoms with E-state index in [4.69, 9.17) is 4.74 Å². The van der Waals surface area contributed by atoms with Crippen LogP contribution in [0.25, 0.3) is 27.5 Å². The molecule has 37 heavy (non-hydrogen) atoms. The average molecular weight is 503 g/mol. The third-order valence-corrected chi connectivity index (χ3v) is 6.29. The first-order valence-electron chi connectivity index (χ1n) is 12.4. The van der Waals surface area contributed by atoms with E-state index in [1.807, 2.05) is 38.7 Å². The molecule has 0 saturated carbocycles. The van der Waals surface area contributed by atoms with Crippen LogP contribution in [0.4, 0.5) is 16.3 Å². The molecule has 10 nitrogen and oxygen atoms in total. The highest BCUT2D eigenvalue weighted by atomic mass is 16.6. The van der Waals surface area contributed by atoms with Gasteiger partial charge in [-0.1, -0.05) is 6.08 Å². The van der Waals surface area contributed by atoms with Gasteiger partial charge in [-0.25, -0.2) is 14.8 Å². The Morgan fingerprint density at radius 1 is 1.22 bits per heavy atom. The number of aromatic amines is 1. The number of benzene rings is 1. The summed E-state index contributed by atoms with van der Waals surface area (Å²) in [6.07, 6.45) is 5.97. The lowest BCUT2D eigenvalue weighted by Gasteiger charge is -2.29. The van der Waals surface area contributed by atoms with Crippen LogP contribution in [-0.4, -0.2) is 73.4 Å². The van der Waals surface area contributed by atoms with Crippen molar-refractivity contribution in [2.45, 2.75) is 39.3 Å². The molecule has 194 valence electrons. The molecule has 4 heterocycles. The van der Waals surface area contributed by atoms with Gasteiger partial charge < -0.3 is 24.8 Å². The van der Waals surface area contributed by atoms with Gasteiger partial charge in [-0.3, -0.25) is 4.68 Å². The first-order valence-corrected chi connectivity index (χ1v) is 12.4. The van der Waals surface area contributed by atoms with E-state index in [9.17, 15) is 4.79 Å². The molecule has 0 saturated heterocycles. The lowest BCUT2D eigenvalue weighted by atomic mass is 10.1. The Morgan fingerprint density at radius 2 is 2.03 bits per heavy atom. The summed E-state index contributed by atoms with van der Waals surface area (Å²) < 4.78 is 7.43. The van der Waals surface area contributed by atoms with E-state index in [0.29, 0.717) is 13.1 Å². The van der Waals surface area contributed by atoms with Crippen molar-refractivity contribution in [3.05, 3.63) is 48.1 Å². The SMILES string of the molecule is CN(C)Cc1cc(Nc2ncnc3[nH]c(C4=CCN(C(=O)OC(C)(C)C)CC4)cc23)cc2cnn(C)c12. The lowest BCUT2D eigenvalue weighted by molar-refractivity contribution is 0.0270. The molecule has 10 heteroatoms. The molecule has 0 radical (unpaired) electrons. The number of aromatic nitrogens is 5. The number of nitrogens with zero attached hydrogens (tertiary/aromatic N) is 6. The molecule has 3 aromatic heterocycles. The topological polar surface area (TPSA) is 104 Å². The second kappa shape index (κ2) is 9.51. The van der Waals surface area contributed by atoms with Gasteiger partial charge in [-0.2, -0.15) is 5.10 Å². The normalized spacial score (nSPS) is 14.5. The summed E-state index contributed by atoms with van der Waals surface area (Å²) >= 11 is 0. The molecular formula is C27H34N8O2. The summed E-state index contributed by atoms with van der Waals surface area (Å²) in [6.45, 7) is 7.55. The fraction of sp³-hybridized carbons (Fsp3) is 0.407. The van der Waals surface area contributed by atoms with Crippen LogP contribution in [0.5, 0.6) is 0 Å². The molecule has 0 unspecified atom stereocenters. The summed E-state index contributed by atoms with van der Waals surface area (Å²) in [5, 5.41) is 9.94. The van der Waals surface area contributed by atoms with Gasteiger partial charge in [0.15, 0.2) is 0 Å². The standard InChI is InChI=1S/C27H34N8O2/c1-27(2,3)37-26(36)35-9-7-17(8-10-35)22-13-21-24(28-16-29-25(21)32-22)31-20-11-18-14-30-34(6)23(18)19(12-20)15-33(4)5/h7,11-14,16H,8-10,15H2,1-6H3,(H2,28,29,31,32). The van der Waals surface area contributed by atoms with Crippen molar-refractivity contribution in [3.63, 3.8) is 0 Å². The molecular weight excluding hydrogens is 468 g/mol. The molecule has 1 amide bonds. The average Bonchev–Trinajstić information content (AvgIpc) is 3.42. The lowest BCUT2D eigenvalue weighted by Crippen LogP contribution is -2.39. The Kier molecular flexibility index (Phi) is 6.36. The zero-order valence-corrected chi connectivity index (χ0v) is 22.3. The molecule has 1 aliphatic heterocycles. The van der Waals surface area contributed by atoms with Crippen molar-refractivity contribution in [2.75, 3.05) is 32.5 Å². The minimum absolute atomic E-state index is 0.281. The summed E-state index contributed by atoms with van der Waals surface area (Å²) in [4.78, 5) is 28.7. The van der Waals surface area contributed by atoms with Crippen LogP contribution in [0.2, 0.25) is 0 Å². The predicted molar refractivity (Wildman–Crippen MR) is 146 cm³/mol. The molecule has 2 N–H and O–H groups in total. The van der Waals surface area contributed by atoms with Gasteiger partial charge in [0.25, 0.3) is 0 Å². The van der Waals surface area contributed by atoms with Crippen LogP contribution in [0.15, 0.2) is 36.8 Å². The van der Waals surface area contributed by atoms with Crippen molar-refractivity contribution in [2.24, 2.45) is 7.05 Å². The number of carbonyl (C=O) groups is 1. The third-order valence-electron chi connectivity index (χ3n) is 6.29. The van der Waals surface area contributed by atoms with Gasteiger partial charge in [-0.05, 0) is 70.6 Å². The monoisotopic (exact) mass is 502 g/mol. The highest BCUT2D eigenvalue weighted by Crippen LogP contribution is 2.31. The van der Waals surface area contributed by atoms with Gasteiger partial charge in [0.1, 0.15) is 23.4 Å². The molecule has 0 spiro atoms. The number of anilines is 2. The Bertz CT molecular complexity index is 1490. The van der Waals surface area contributed by atoms with E-state index in [1.165, 1.54) is 5.56 Å². The number of carbonyl (C=O) groups excluding carboxylic acids is 1. The van der Waals surface area contributed by atoms with Crippen LogP contribution in [0, 0.1) is 0 Å². The Labute approximate surface area is 216 Å². The number of ether oxygens (including phenoxy) is 1. The minimum atomic E-state index is -0.505. The molecule has 0 fully saturated rings. The molecule has 1 aliphatic rings. The maximum absolute atomic E-state index is 12.4. The van der Waals surface area contributed by atoms with Crippen molar-refractivity contribution in [3.8, 4) is 0 Å². The van der Waals surface area contributed by atoms with Crippen molar-refractivity contribution < 1.29 is 9.53 Å². The maximum Gasteiger partial charge on any atom is 0.410 e. The summed E-state index contributed by atoms with van der Waals surface area (Å²) in [6, 6.07) is 6.33. The second-order valence-corrected chi connectivity index (χ2v) is 10.8. The van der Waals surface area contributed by atoms with Crippen LogP contribution < -0.4 is 5.32 Å². The van der Waals surface area contributed by atoms with Gasteiger partial charge in [0.2, 0.25) is 0 Å². The Morgan fingerprint density at radius 3 is 2.73 bits per heavy atom. The fourth-order valence-electron chi connectivity index (χ4n) is 4.71. The zero-order valence-electron chi connectivity index (χ0n) is 22.3. The van der Waals surface area contributed by atoms with E-state index in [-0.39, 0.29) is 6.09 Å². The van der Waals surface area contributed by atoms with E-state index < -0.39 is 5.60 Å². The summed E-state index contributed by atoms with van der Waals surface area (Å²) in [5.74, 6) is 0.735. The predicted octanol–water partition coefficient (Wildman–Crippen LogP) is 4.67. The Balaban J connectivity index is 1.40. The van der Waals surface area contributed by atoms with Gasteiger partial charge in [-0.15, -0.1) is 0 Å². The van der Waals surface area contributed by atoms with Crippen molar-refractivity contribution in [1.29, 1.82) is 0 Å². The van der Waals surface area contributed by atoms with Crippen LogP contribution in [0.1, 0.15) is 38.4 Å². The fourth-order valence-corrected chi connectivity index (χ4v) is 4.71.